The first kappa shape index (κ1) is 23.0. The minimum atomic E-state index is -0.696. The lowest BCUT2D eigenvalue weighted by atomic mass is 9.93. The maximum absolute atomic E-state index is 12.9. The van der Waals surface area contributed by atoms with Crippen LogP contribution < -0.4 is 18.9 Å². The Balaban J connectivity index is 1.11. The number of ketones is 1. The van der Waals surface area contributed by atoms with Crippen molar-refractivity contribution in [3.8, 4) is 23.0 Å². The Labute approximate surface area is 203 Å². The van der Waals surface area contributed by atoms with Gasteiger partial charge in [0.05, 0.1) is 12.0 Å². The third kappa shape index (κ3) is 4.89. The second-order valence-corrected chi connectivity index (χ2v) is 9.48. The molecule has 184 valence electrons. The summed E-state index contributed by atoms with van der Waals surface area (Å²) in [5, 5.41) is 0. The Hall–Kier alpha value is -3.75. The van der Waals surface area contributed by atoms with Crippen molar-refractivity contribution in [3.63, 3.8) is 0 Å². The van der Waals surface area contributed by atoms with Crippen molar-refractivity contribution >= 4 is 17.6 Å². The number of rotatable bonds is 4. The molecule has 2 aromatic carbocycles. The van der Waals surface area contributed by atoms with Gasteiger partial charge in [0, 0.05) is 32.2 Å². The maximum Gasteiger partial charge on any atom is 0.267 e. The summed E-state index contributed by atoms with van der Waals surface area (Å²) in [7, 11) is 0. The number of nitrogens with zero attached hydrogens (tertiary/aromatic N) is 2. The normalized spacial score (nSPS) is 20.5. The minimum Gasteiger partial charge on any atom is -0.486 e. The first-order chi connectivity index (χ1) is 16.8. The minimum absolute atomic E-state index is 0.0284. The van der Waals surface area contributed by atoms with Crippen molar-refractivity contribution < 1.29 is 33.3 Å². The molecule has 3 aliphatic rings. The molecule has 1 atom stereocenters. The highest BCUT2D eigenvalue weighted by Crippen LogP contribution is 2.35. The Kier molecular flexibility index (Phi) is 6.00. The van der Waals surface area contributed by atoms with Gasteiger partial charge in [-0.05, 0) is 38.1 Å². The predicted molar refractivity (Wildman–Crippen MR) is 125 cm³/mol. The van der Waals surface area contributed by atoms with Gasteiger partial charge in [-0.3, -0.25) is 14.4 Å². The molecule has 0 N–H and O–H groups in total. The lowest BCUT2D eigenvalue weighted by molar-refractivity contribution is -0.146. The van der Waals surface area contributed by atoms with Crippen LogP contribution in [0.4, 0.5) is 0 Å². The standard InChI is InChI=1S/C26H28N2O7/c1-26(2)14-19(29)18-8-7-17(13-22(18)35-26)32-16-24(30)27-9-11-28(12-10-27)25(31)23-15-33-20-5-3-4-6-21(20)34-23/h3-8,13,23H,9-12,14-16H2,1-2H3/t23-/m0/s1. The van der Waals surface area contributed by atoms with Gasteiger partial charge in [0.2, 0.25) is 6.10 Å². The van der Waals surface area contributed by atoms with Crippen LogP contribution in [0.15, 0.2) is 42.5 Å². The first-order valence-corrected chi connectivity index (χ1v) is 11.7. The Bertz CT molecular complexity index is 1150. The molecule has 0 radical (unpaired) electrons. The van der Waals surface area contributed by atoms with Gasteiger partial charge in [-0.1, -0.05) is 12.1 Å². The molecule has 0 aromatic heterocycles. The summed E-state index contributed by atoms with van der Waals surface area (Å²) in [5.74, 6) is 1.84. The summed E-state index contributed by atoms with van der Waals surface area (Å²) in [6.45, 7) is 5.40. The highest BCUT2D eigenvalue weighted by Gasteiger charge is 2.34. The zero-order valence-corrected chi connectivity index (χ0v) is 19.8. The number of Topliss-reactive ketones (excluding diaryl/α,β-unsaturated/α-hetero) is 1. The number of ether oxygens (including phenoxy) is 4. The van der Waals surface area contributed by atoms with E-state index in [4.69, 9.17) is 18.9 Å². The SMILES string of the molecule is CC1(C)CC(=O)c2ccc(OCC(=O)N3CCN(C(=O)[C@@H]4COc5ccccc5O4)CC3)cc2O1. The number of hydrogen-bond acceptors (Lipinski definition) is 7. The van der Waals surface area contributed by atoms with Gasteiger partial charge < -0.3 is 28.7 Å². The van der Waals surface area contributed by atoms with E-state index in [0.29, 0.717) is 61.2 Å². The summed E-state index contributed by atoms with van der Waals surface area (Å²) in [4.78, 5) is 41.3. The summed E-state index contributed by atoms with van der Waals surface area (Å²) < 4.78 is 23.1. The van der Waals surface area contributed by atoms with E-state index in [-0.39, 0.29) is 30.8 Å². The van der Waals surface area contributed by atoms with Crippen LogP contribution in [0, 0.1) is 0 Å². The van der Waals surface area contributed by atoms with Crippen LogP contribution in [0.25, 0.3) is 0 Å². The highest BCUT2D eigenvalue weighted by atomic mass is 16.6. The Morgan fingerprint density at radius 2 is 1.71 bits per heavy atom. The van der Waals surface area contributed by atoms with E-state index in [2.05, 4.69) is 0 Å². The fourth-order valence-corrected chi connectivity index (χ4v) is 4.48. The molecule has 9 nitrogen and oxygen atoms in total. The van der Waals surface area contributed by atoms with Crippen LogP contribution in [0.3, 0.4) is 0 Å². The quantitative estimate of drug-likeness (QED) is 0.663. The molecule has 5 rings (SSSR count). The number of amides is 2. The van der Waals surface area contributed by atoms with Crippen LogP contribution in [-0.4, -0.2) is 78.5 Å². The van der Waals surface area contributed by atoms with Gasteiger partial charge in [-0.2, -0.15) is 0 Å². The van der Waals surface area contributed by atoms with E-state index < -0.39 is 11.7 Å². The van der Waals surface area contributed by atoms with Crippen molar-refractivity contribution in [2.24, 2.45) is 0 Å². The number of fused-ring (bicyclic) bond motifs is 2. The van der Waals surface area contributed by atoms with Crippen LogP contribution >= 0.6 is 0 Å². The van der Waals surface area contributed by atoms with E-state index in [0.717, 1.165) is 0 Å². The molecule has 9 heteroatoms. The van der Waals surface area contributed by atoms with E-state index >= 15 is 0 Å². The monoisotopic (exact) mass is 480 g/mol. The van der Waals surface area contributed by atoms with Crippen molar-refractivity contribution in [1.29, 1.82) is 0 Å². The average Bonchev–Trinajstić information content (AvgIpc) is 2.85. The smallest absolute Gasteiger partial charge is 0.267 e. The average molecular weight is 481 g/mol. The molecule has 2 amide bonds. The molecule has 0 bridgehead atoms. The van der Waals surface area contributed by atoms with Gasteiger partial charge in [-0.15, -0.1) is 0 Å². The zero-order valence-electron chi connectivity index (χ0n) is 19.8. The first-order valence-electron chi connectivity index (χ1n) is 11.7. The molecule has 3 aliphatic heterocycles. The second-order valence-electron chi connectivity index (χ2n) is 9.48. The van der Waals surface area contributed by atoms with Crippen molar-refractivity contribution in [2.75, 3.05) is 39.4 Å². The van der Waals surface area contributed by atoms with Crippen molar-refractivity contribution in [3.05, 3.63) is 48.0 Å². The number of carbonyl (C=O) groups is 3. The maximum atomic E-state index is 12.9. The number of para-hydroxylation sites is 2. The largest absolute Gasteiger partial charge is 0.486 e. The summed E-state index contributed by atoms with van der Waals surface area (Å²) in [6.07, 6.45) is -0.376. The van der Waals surface area contributed by atoms with E-state index in [1.54, 1.807) is 40.1 Å². The van der Waals surface area contributed by atoms with Gasteiger partial charge >= 0.3 is 0 Å². The van der Waals surface area contributed by atoms with Crippen molar-refractivity contribution in [2.45, 2.75) is 32.0 Å². The van der Waals surface area contributed by atoms with Crippen LogP contribution in [0.1, 0.15) is 30.6 Å². The lowest BCUT2D eigenvalue weighted by Crippen LogP contribution is -2.55. The number of hydrogen-bond donors (Lipinski definition) is 0. The highest BCUT2D eigenvalue weighted by molar-refractivity contribution is 6.00. The molecule has 0 unspecified atom stereocenters. The van der Waals surface area contributed by atoms with E-state index in [9.17, 15) is 14.4 Å². The van der Waals surface area contributed by atoms with E-state index in [1.165, 1.54) is 0 Å². The fraction of sp³-hybridized carbons (Fsp3) is 0.423. The van der Waals surface area contributed by atoms with Crippen LogP contribution in [0.2, 0.25) is 0 Å². The molecular weight excluding hydrogens is 452 g/mol. The third-order valence-electron chi connectivity index (χ3n) is 6.32. The van der Waals surface area contributed by atoms with Gasteiger partial charge in [0.15, 0.2) is 23.9 Å². The summed E-state index contributed by atoms with van der Waals surface area (Å²) in [6, 6.07) is 12.3. The van der Waals surface area contributed by atoms with Crippen molar-refractivity contribution in [1.82, 2.24) is 9.80 Å². The second kappa shape index (κ2) is 9.13. The van der Waals surface area contributed by atoms with E-state index in [1.807, 2.05) is 26.0 Å². The lowest BCUT2D eigenvalue weighted by Gasteiger charge is -2.37. The van der Waals surface area contributed by atoms with Crippen LogP contribution in [0.5, 0.6) is 23.0 Å². The van der Waals surface area contributed by atoms with Gasteiger partial charge in [0.25, 0.3) is 11.8 Å². The Morgan fingerprint density at radius 3 is 2.49 bits per heavy atom. The third-order valence-corrected chi connectivity index (χ3v) is 6.32. The topological polar surface area (TPSA) is 94.6 Å². The molecule has 1 saturated heterocycles. The van der Waals surface area contributed by atoms with Crippen LogP contribution in [-0.2, 0) is 9.59 Å². The predicted octanol–water partition coefficient (Wildman–Crippen LogP) is 2.32. The summed E-state index contributed by atoms with van der Waals surface area (Å²) in [5.41, 5.74) is -0.0482. The number of carbonyl (C=O) groups excluding carboxylic acids is 3. The van der Waals surface area contributed by atoms with Gasteiger partial charge in [-0.25, -0.2) is 0 Å². The number of benzene rings is 2. The molecule has 1 fully saturated rings. The Morgan fingerprint density at radius 1 is 1.00 bits per heavy atom. The van der Waals surface area contributed by atoms with Gasteiger partial charge in [0.1, 0.15) is 23.7 Å². The zero-order chi connectivity index (χ0) is 24.6. The molecule has 2 aromatic rings. The summed E-state index contributed by atoms with van der Waals surface area (Å²) >= 11 is 0. The molecule has 0 spiro atoms. The molecule has 0 saturated carbocycles. The molecule has 35 heavy (non-hydrogen) atoms. The fourth-order valence-electron chi connectivity index (χ4n) is 4.48. The molecule has 3 heterocycles. The molecular formula is C26H28N2O7. The number of piperazine rings is 1. The molecule has 0 aliphatic carbocycles.